The van der Waals surface area contributed by atoms with Gasteiger partial charge in [0.1, 0.15) is 5.78 Å². The molecule has 0 heterocycles. The highest BCUT2D eigenvalue weighted by Gasteiger charge is 2.01. The molecule has 0 aromatic carbocycles. The van der Waals surface area contributed by atoms with Crippen molar-refractivity contribution >= 4 is 16.2 Å². The Morgan fingerprint density at radius 3 is 1.50 bits per heavy atom. The third kappa shape index (κ3) is 36.4. The second kappa shape index (κ2) is 22.7. The highest BCUT2D eigenvalue weighted by Crippen LogP contribution is 2.13. The van der Waals surface area contributed by atoms with Crippen LogP contribution in [-0.4, -0.2) is 48.1 Å². The highest BCUT2D eigenvalue weighted by molar-refractivity contribution is 7.79. The fourth-order valence-electron chi connectivity index (χ4n) is 2.90. The van der Waals surface area contributed by atoms with Crippen LogP contribution in [0.25, 0.3) is 0 Å². The Morgan fingerprint density at radius 2 is 1.11 bits per heavy atom. The number of rotatable bonds is 19. The number of aliphatic hydroxyl groups excluding tert-OH is 1. The van der Waals surface area contributed by atoms with E-state index in [0.717, 1.165) is 12.8 Å². The van der Waals surface area contributed by atoms with Gasteiger partial charge in [-0.15, -0.1) is 0 Å². The smallest absolute Gasteiger partial charge is 0.394 e. The number of nitrogens with one attached hydrogen (secondary N) is 1. The Kier molecular flexibility index (Phi) is 24.1. The van der Waals surface area contributed by atoms with Gasteiger partial charge in [-0.25, -0.2) is 0 Å². The van der Waals surface area contributed by atoms with Crippen LogP contribution < -0.4 is 5.32 Å². The van der Waals surface area contributed by atoms with E-state index in [1.807, 2.05) is 0 Å². The van der Waals surface area contributed by atoms with Crippen molar-refractivity contribution in [2.45, 2.75) is 103 Å². The number of ketones is 1. The molecule has 0 aromatic heterocycles. The van der Waals surface area contributed by atoms with Gasteiger partial charge in [-0.2, -0.15) is 8.42 Å². The highest BCUT2D eigenvalue weighted by atomic mass is 32.3. The first-order valence-electron chi connectivity index (χ1n) is 10.8. The number of Topliss-reactive ketones (excluding diaryl/α,β-unsaturated/α-hetero) is 1. The van der Waals surface area contributed by atoms with Gasteiger partial charge in [-0.3, -0.25) is 13.9 Å². The molecule has 0 aliphatic carbocycles. The lowest BCUT2D eigenvalue weighted by Crippen LogP contribution is -2.21. The minimum Gasteiger partial charge on any atom is -0.395 e. The Labute approximate surface area is 172 Å². The molecule has 0 radical (unpaired) electrons. The van der Waals surface area contributed by atoms with E-state index >= 15 is 0 Å². The molecule has 0 spiro atoms. The number of carbonyl (C=O) groups is 1. The van der Waals surface area contributed by atoms with Gasteiger partial charge in [0, 0.05) is 25.9 Å². The van der Waals surface area contributed by atoms with Crippen LogP contribution in [0.4, 0.5) is 0 Å². The average Bonchev–Trinajstić information content (AvgIpc) is 2.61. The van der Waals surface area contributed by atoms with Crippen molar-refractivity contribution in [3.8, 4) is 0 Å². The van der Waals surface area contributed by atoms with Crippen molar-refractivity contribution in [3.05, 3.63) is 0 Å². The van der Waals surface area contributed by atoms with Crippen LogP contribution in [0.1, 0.15) is 103 Å². The van der Waals surface area contributed by atoms with Crippen LogP contribution in [0.3, 0.4) is 0 Å². The van der Waals surface area contributed by atoms with Gasteiger partial charge < -0.3 is 10.4 Å². The lowest BCUT2D eigenvalue weighted by atomic mass is 10.0. The van der Waals surface area contributed by atoms with Gasteiger partial charge in [0.15, 0.2) is 0 Å². The summed E-state index contributed by atoms with van der Waals surface area (Å²) >= 11 is 0. The molecule has 0 rings (SSSR count). The minimum atomic E-state index is -4.67. The van der Waals surface area contributed by atoms with E-state index in [0.29, 0.717) is 25.3 Å². The van der Waals surface area contributed by atoms with Crippen LogP contribution in [-0.2, 0) is 15.2 Å². The molecule has 0 aromatic rings. The first-order chi connectivity index (χ1) is 13.3. The second-order valence-corrected chi connectivity index (χ2v) is 8.10. The van der Waals surface area contributed by atoms with E-state index in [1.165, 1.54) is 77.0 Å². The molecule has 0 atom stereocenters. The maximum Gasteiger partial charge on any atom is 0.394 e. The first kappa shape index (κ1) is 29.7. The number of aliphatic hydroxyl groups is 1. The van der Waals surface area contributed by atoms with Crippen LogP contribution in [0.5, 0.6) is 0 Å². The van der Waals surface area contributed by atoms with E-state index in [1.54, 1.807) is 0 Å². The Morgan fingerprint density at radius 1 is 0.714 bits per heavy atom. The molecule has 0 aliphatic rings. The molecule has 0 amide bonds. The quantitative estimate of drug-likeness (QED) is 0.179. The van der Waals surface area contributed by atoms with E-state index in [-0.39, 0.29) is 6.61 Å². The summed E-state index contributed by atoms with van der Waals surface area (Å²) in [6, 6.07) is 0. The van der Waals surface area contributed by atoms with Crippen molar-refractivity contribution < 1.29 is 27.4 Å². The number of unbranched alkanes of at least 4 members (excludes halogenated alkanes) is 12. The van der Waals surface area contributed by atoms with Crippen LogP contribution in [0.15, 0.2) is 0 Å². The normalized spacial score (nSPS) is 11.1. The lowest BCUT2D eigenvalue weighted by Gasteiger charge is -2.04. The molecule has 8 heteroatoms. The molecule has 0 saturated heterocycles. The third-order valence-electron chi connectivity index (χ3n) is 4.43. The van der Waals surface area contributed by atoms with Gasteiger partial charge in [0.05, 0.1) is 6.61 Å². The topological polar surface area (TPSA) is 124 Å². The standard InChI is InChI=1S/C20H41NO2.H2O4S/c1-2-3-4-5-6-7-8-9-10-11-12-13-14-15-20(23)16-17-21-18-19-22;1-5(2,3)4/h21-22H,2-19H2,1H3;(H2,1,2,3,4). The van der Waals surface area contributed by atoms with Crippen molar-refractivity contribution in [3.63, 3.8) is 0 Å². The van der Waals surface area contributed by atoms with E-state index < -0.39 is 10.4 Å². The van der Waals surface area contributed by atoms with Crippen molar-refractivity contribution in [2.24, 2.45) is 0 Å². The predicted octanol–water partition coefficient (Wildman–Crippen LogP) is 4.36. The molecular formula is C20H43NO6S. The number of carbonyl (C=O) groups excluding carboxylic acids is 1. The van der Waals surface area contributed by atoms with Crippen LogP contribution in [0, 0.1) is 0 Å². The monoisotopic (exact) mass is 425 g/mol. The van der Waals surface area contributed by atoms with Crippen LogP contribution in [0.2, 0.25) is 0 Å². The zero-order valence-electron chi connectivity index (χ0n) is 17.7. The Bertz CT molecular complexity index is 420. The number of hydrogen-bond acceptors (Lipinski definition) is 5. The molecule has 4 N–H and O–H groups in total. The van der Waals surface area contributed by atoms with Gasteiger partial charge in [0.25, 0.3) is 0 Å². The fourth-order valence-corrected chi connectivity index (χ4v) is 2.90. The van der Waals surface area contributed by atoms with Crippen molar-refractivity contribution in [2.75, 3.05) is 19.7 Å². The molecule has 170 valence electrons. The molecule has 0 unspecified atom stereocenters. The summed E-state index contributed by atoms with van der Waals surface area (Å²) in [5.74, 6) is 0.360. The zero-order valence-corrected chi connectivity index (χ0v) is 18.5. The maximum atomic E-state index is 11.6. The minimum absolute atomic E-state index is 0.146. The molecule has 0 fully saturated rings. The lowest BCUT2D eigenvalue weighted by molar-refractivity contribution is -0.119. The summed E-state index contributed by atoms with van der Waals surface area (Å²) in [6.45, 7) is 3.71. The summed E-state index contributed by atoms with van der Waals surface area (Å²) < 4.78 is 31.6. The predicted molar refractivity (Wildman–Crippen MR) is 114 cm³/mol. The zero-order chi connectivity index (χ0) is 21.5. The van der Waals surface area contributed by atoms with Crippen molar-refractivity contribution in [1.29, 1.82) is 0 Å². The van der Waals surface area contributed by atoms with Gasteiger partial charge in [-0.1, -0.05) is 84.0 Å². The summed E-state index contributed by atoms with van der Waals surface area (Å²) in [5, 5.41) is 11.7. The Balaban J connectivity index is 0. The summed E-state index contributed by atoms with van der Waals surface area (Å²) in [5.41, 5.74) is 0. The van der Waals surface area contributed by atoms with E-state index in [9.17, 15) is 4.79 Å². The summed E-state index contributed by atoms with van der Waals surface area (Å²) in [6.07, 6.45) is 18.8. The maximum absolute atomic E-state index is 11.6. The molecule has 28 heavy (non-hydrogen) atoms. The third-order valence-corrected chi connectivity index (χ3v) is 4.43. The average molecular weight is 426 g/mol. The van der Waals surface area contributed by atoms with Gasteiger partial charge >= 0.3 is 10.4 Å². The summed E-state index contributed by atoms with van der Waals surface area (Å²) in [7, 11) is -4.67. The molecule has 7 nitrogen and oxygen atoms in total. The largest absolute Gasteiger partial charge is 0.395 e. The number of hydrogen-bond donors (Lipinski definition) is 4. The fraction of sp³-hybridized carbons (Fsp3) is 0.950. The molecule has 0 aliphatic heterocycles. The Hall–Kier alpha value is -0.540. The second-order valence-electron chi connectivity index (χ2n) is 7.20. The van der Waals surface area contributed by atoms with Gasteiger partial charge in [-0.05, 0) is 6.42 Å². The molecular weight excluding hydrogens is 382 g/mol. The van der Waals surface area contributed by atoms with Gasteiger partial charge in [0.2, 0.25) is 0 Å². The summed E-state index contributed by atoms with van der Waals surface area (Å²) in [4.78, 5) is 11.6. The van der Waals surface area contributed by atoms with Crippen molar-refractivity contribution in [1.82, 2.24) is 5.32 Å². The molecule has 0 saturated carbocycles. The first-order valence-corrected chi connectivity index (χ1v) is 12.2. The SMILES string of the molecule is CCCCCCCCCCCCCCCC(=O)CCNCCO.O=S(=O)(O)O. The van der Waals surface area contributed by atoms with E-state index in [2.05, 4.69) is 12.2 Å². The van der Waals surface area contributed by atoms with Crippen LogP contribution >= 0.6 is 0 Å². The van der Waals surface area contributed by atoms with E-state index in [4.69, 9.17) is 22.6 Å². The molecule has 0 bridgehead atoms.